The minimum Gasteiger partial charge on any atom is -0.497 e. The Kier molecular flexibility index (Phi) is 4.24. The quantitative estimate of drug-likeness (QED) is 0.770. The fourth-order valence-electron chi connectivity index (χ4n) is 3.62. The van der Waals surface area contributed by atoms with E-state index in [0.29, 0.717) is 0 Å². The van der Waals surface area contributed by atoms with Crippen LogP contribution in [0.4, 0.5) is 0 Å². The molecule has 1 aliphatic rings. The SMILES string of the molecule is COc1ccc(-c2ncc(-c3ccc(CO)cc3)c3c2CCC3)cc1. The van der Waals surface area contributed by atoms with Crippen LogP contribution in [0.25, 0.3) is 22.4 Å². The molecule has 0 saturated heterocycles. The number of ether oxygens (including phenoxy) is 1. The number of aliphatic hydroxyl groups is 1. The van der Waals surface area contributed by atoms with E-state index in [9.17, 15) is 5.11 Å². The van der Waals surface area contributed by atoms with E-state index in [1.807, 2.05) is 30.5 Å². The highest BCUT2D eigenvalue weighted by atomic mass is 16.5. The van der Waals surface area contributed by atoms with E-state index in [4.69, 9.17) is 9.72 Å². The second kappa shape index (κ2) is 6.69. The number of pyridine rings is 1. The highest BCUT2D eigenvalue weighted by molar-refractivity contribution is 5.75. The molecular weight excluding hydrogens is 310 g/mol. The highest BCUT2D eigenvalue weighted by Crippen LogP contribution is 2.37. The molecule has 1 aliphatic carbocycles. The Morgan fingerprint density at radius 2 is 1.60 bits per heavy atom. The zero-order valence-electron chi connectivity index (χ0n) is 14.3. The first-order valence-electron chi connectivity index (χ1n) is 8.65. The molecule has 0 radical (unpaired) electrons. The van der Waals surface area contributed by atoms with Crippen LogP contribution in [-0.4, -0.2) is 17.2 Å². The summed E-state index contributed by atoms with van der Waals surface area (Å²) in [5.74, 6) is 0.862. The van der Waals surface area contributed by atoms with Crippen LogP contribution < -0.4 is 4.74 Å². The largest absolute Gasteiger partial charge is 0.497 e. The normalized spacial score (nSPS) is 12.9. The molecular formula is C22H21NO2. The molecule has 0 spiro atoms. The van der Waals surface area contributed by atoms with Crippen molar-refractivity contribution in [3.63, 3.8) is 0 Å². The number of aromatic nitrogens is 1. The van der Waals surface area contributed by atoms with Crippen molar-refractivity contribution in [2.45, 2.75) is 25.9 Å². The van der Waals surface area contributed by atoms with Crippen LogP contribution in [0.5, 0.6) is 5.75 Å². The number of hydrogen-bond acceptors (Lipinski definition) is 3. The molecule has 0 amide bonds. The molecule has 0 aliphatic heterocycles. The van der Waals surface area contributed by atoms with Crippen LogP contribution in [0.1, 0.15) is 23.1 Å². The van der Waals surface area contributed by atoms with Crippen LogP contribution in [0.3, 0.4) is 0 Å². The van der Waals surface area contributed by atoms with Crippen LogP contribution in [-0.2, 0) is 19.4 Å². The first kappa shape index (κ1) is 15.9. The van der Waals surface area contributed by atoms with Gasteiger partial charge in [0.05, 0.1) is 19.4 Å². The Labute approximate surface area is 147 Å². The van der Waals surface area contributed by atoms with Gasteiger partial charge in [0.15, 0.2) is 0 Å². The summed E-state index contributed by atoms with van der Waals surface area (Å²) in [5, 5.41) is 9.23. The number of rotatable bonds is 4. The van der Waals surface area contributed by atoms with E-state index in [1.54, 1.807) is 7.11 Å². The van der Waals surface area contributed by atoms with Gasteiger partial charge in [-0.3, -0.25) is 4.98 Å². The molecule has 1 heterocycles. The number of aliphatic hydroxyl groups excluding tert-OH is 1. The summed E-state index contributed by atoms with van der Waals surface area (Å²) in [4.78, 5) is 4.80. The van der Waals surface area contributed by atoms with Gasteiger partial charge < -0.3 is 9.84 Å². The van der Waals surface area contributed by atoms with Gasteiger partial charge in [0.2, 0.25) is 0 Å². The predicted octanol–water partition coefficient (Wildman–Crippen LogP) is 4.41. The maximum atomic E-state index is 9.23. The molecule has 25 heavy (non-hydrogen) atoms. The van der Waals surface area contributed by atoms with Gasteiger partial charge in [-0.25, -0.2) is 0 Å². The molecule has 1 aromatic heterocycles. The van der Waals surface area contributed by atoms with Crippen molar-refractivity contribution < 1.29 is 9.84 Å². The number of benzene rings is 2. The summed E-state index contributed by atoms with van der Waals surface area (Å²) >= 11 is 0. The van der Waals surface area contributed by atoms with Crippen molar-refractivity contribution in [1.82, 2.24) is 4.98 Å². The van der Waals surface area contributed by atoms with Crippen LogP contribution in [0.15, 0.2) is 54.7 Å². The number of fused-ring (bicyclic) bond motifs is 1. The second-order valence-corrected chi connectivity index (χ2v) is 6.41. The molecule has 0 saturated carbocycles. The average molecular weight is 331 g/mol. The van der Waals surface area contributed by atoms with Crippen molar-refractivity contribution in [3.8, 4) is 28.1 Å². The zero-order chi connectivity index (χ0) is 17.2. The molecule has 3 nitrogen and oxygen atoms in total. The molecule has 126 valence electrons. The lowest BCUT2D eigenvalue weighted by molar-refractivity contribution is 0.282. The van der Waals surface area contributed by atoms with Gasteiger partial charge in [-0.1, -0.05) is 24.3 Å². The Morgan fingerprint density at radius 1 is 0.920 bits per heavy atom. The van der Waals surface area contributed by atoms with E-state index < -0.39 is 0 Å². The maximum absolute atomic E-state index is 9.23. The Bertz CT molecular complexity index is 809. The lowest BCUT2D eigenvalue weighted by atomic mass is 9.95. The first-order valence-corrected chi connectivity index (χ1v) is 8.65. The van der Waals surface area contributed by atoms with E-state index in [2.05, 4.69) is 24.3 Å². The summed E-state index contributed by atoms with van der Waals surface area (Å²) < 4.78 is 5.26. The number of hydrogen-bond donors (Lipinski definition) is 1. The lowest BCUT2D eigenvalue weighted by Crippen LogP contribution is -1.96. The number of nitrogens with zero attached hydrogens (tertiary/aromatic N) is 1. The molecule has 1 N–H and O–H groups in total. The molecule has 0 atom stereocenters. The lowest BCUT2D eigenvalue weighted by Gasteiger charge is -2.13. The molecule has 0 bridgehead atoms. The molecule has 3 heteroatoms. The van der Waals surface area contributed by atoms with Crippen LogP contribution in [0.2, 0.25) is 0 Å². The third kappa shape index (κ3) is 2.92. The monoisotopic (exact) mass is 331 g/mol. The van der Waals surface area contributed by atoms with Crippen molar-refractivity contribution in [2.24, 2.45) is 0 Å². The summed E-state index contributed by atoms with van der Waals surface area (Å²) in [6.07, 6.45) is 5.34. The summed E-state index contributed by atoms with van der Waals surface area (Å²) in [6.45, 7) is 0.0764. The van der Waals surface area contributed by atoms with Gasteiger partial charge in [-0.2, -0.15) is 0 Å². The fraction of sp³-hybridized carbons (Fsp3) is 0.227. The van der Waals surface area contributed by atoms with Crippen molar-refractivity contribution in [1.29, 1.82) is 0 Å². The Balaban J connectivity index is 1.77. The van der Waals surface area contributed by atoms with E-state index in [1.165, 1.54) is 28.7 Å². The van der Waals surface area contributed by atoms with Gasteiger partial charge in [-0.15, -0.1) is 0 Å². The van der Waals surface area contributed by atoms with Gasteiger partial charge in [-0.05, 0) is 65.8 Å². The summed E-state index contributed by atoms with van der Waals surface area (Å²) in [5.41, 5.74) is 8.33. The second-order valence-electron chi connectivity index (χ2n) is 6.41. The summed E-state index contributed by atoms with van der Waals surface area (Å²) in [6, 6.07) is 16.2. The van der Waals surface area contributed by atoms with Crippen LogP contribution in [0, 0.1) is 0 Å². The molecule has 0 unspecified atom stereocenters. The van der Waals surface area contributed by atoms with Gasteiger partial charge in [0.25, 0.3) is 0 Å². The van der Waals surface area contributed by atoms with Gasteiger partial charge in [0.1, 0.15) is 5.75 Å². The topological polar surface area (TPSA) is 42.4 Å². The minimum absolute atomic E-state index is 0.0764. The van der Waals surface area contributed by atoms with E-state index in [0.717, 1.165) is 35.4 Å². The summed E-state index contributed by atoms with van der Waals surface area (Å²) in [7, 11) is 1.68. The van der Waals surface area contributed by atoms with E-state index >= 15 is 0 Å². The van der Waals surface area contributed by atoms with Gasteiger partial charge in [0, 0.05) is 17.3 Å². The Morgan fingerprint density at radius 3 is 2.28 bits per heavy atom. The minimum atomic E-state index is 0.0764. The molecule has 2 aromatic carbocycles. The third-order valence-electron chi connectivity index (χ3n) is 4.96. The molecule has 4 rings (SSSR count). The smallest absolute Gasteiger partial charge is 0.118 e. The predicted molar refractivity (Wildman–Crippen MR) is 99.6 cm³/mol. The van der Waals surface area contributed by atoms with E-state index in [-0.39, 0.29) is 6.61 Å². The highest BCUT2D eigenvalue weighted by Gasteiger charge is 2.21. The Hall–Kier alpha value is -2.65. The molecule has 0 fully saturated rings. The third-order valence-corrected chi connectivity index (χ3v) is 4.96. The van der Waals surface area contributed by atoms with Gasteiger partial charge >= 0.3 is 0 Å². The molecule has 3 aromatic rings. The standard InChI is InChI=1S/C22H21NO2/c1-25-18-11-9-17(10-12-18)22-20-4-2-3-19(20)21(13-23-22)16-7-5-15(14-24)6-8-16/h5-13,24H,2-4,14H2,1H3. The fourth-order valence-corrected chi connectivity index (χ4v) is 3.62. The van der Waals surface area contributed by atoms with Crippen LogP contribution >= 0.6 is 0 Å². The van der Waals surface area contributed by atoms with Crippen molar-refractivity contribution >= 4 is 0 Å². The van der Waals surface area contributed by atoms with Crippen molar-refractivity contribution in [2.75, 3.05) is 7.11 Å². The first-order chi connectivity index (χ1) is 12.3. The van der Waals surface area contributed by atoms with Crippen molar-refractivity contribution in [3.05, 3.63) is 71.4 Å². The average Bonchev–Trinajstić information content (AvgIpc) is 3.17. The number of methoxy groups -OCH3 is 1. The zero-order valence-corrected chi connectivity index (χ0v) is 14.3. The maximum Gasteiger partial charge on any atom is 0.118 e.